The lowest BCUT2D eigenvalue weighted by atomic mass is 9.78. The van der Waals surface area contributed by atoms with Crippen molar-refractivity contribution in [1.29, 1.82) is 0 Å². The summed E-state index contributed by atoms with van der Waals surface area (Å²) in [6, 6.07) is 10.5. The lowest BCUT2D eigenvalue weighted by molar-refractivity contribution is -0.142. The normalized spacial score (nSPS) is 29.6. The molecule has 4 heteroatoms. The van der Waals surface area contributed by atoms with Crippen molar-refractivity contribution < 1.29 is 9.59 Å². The van der Waals surface area contributed by atoms with Gasteiger partial charge in [-0.25, -0.2) is 0 Å². The van der Waals surface area contributed by atoms with Gasteiger partial charge in [0.25, 0.3) is 0 Å². The van der Waals surface area contributed by atoms with Crippen LogP contribution in [0.25, 0.3) is 0 Å². The summed E-state index contributed by atoms with van der Waals surface area (Å²) in [6.45, 7) is 2.10. The van der Waals surface area contributed by atoms with Gasteiger partial charge in [0.2, 0.25) is 11.8 Å². The zero-order valence-corrected chi connectivity index (χ0v) is 14.9. The number of piperidine rings is 1. The molecule has 3 aliphatic rings. The molecule has 1 aliphatic carbocycles. The number of amides is 2. The second-order valence-electron chi connectivity index (χ2n) is 7.95. The van der Waals surface area contributed by atoms with E-state index in [4.69, 9.17) is 0 Å². The zero-order valence-electron chi connectivity index (χ0n) is 14.9. The maximum atomic E-state index is 13.1. The molecule has 0 radical (unpaired) electrons. The summed E-state index contributed by atoms with van der Waals surface area (Å²) >= 11 is 0. The van der Waals surface area contributed by atoms with Crippen LogP contribution in [-0.4, -0.2) is 40.7 Å². The maximum absolute atomic E-state index is 13.1. The van der Waals surface area contributed by atoms with Crippen molar-refractivity contribution in [2.24, 2.45) is 11.8 Å². The molecule has 134 valence electrons. The minimum atomic E-state index is -0.142. The third kappa shape index (κ3) is 3.44. The highest BCUT2D eigenvalue weighted by Crippen LogP contribution is 2.36. The van der Waals surface area contributed by atoms with Gasteiger partial charge in [0.15, 0.2) is 0 Å². The molecule has 4 rings (SSSR count). The summed E-state index contributed by atoms with van der Waals surface area (Å²) in [5.41, 5.74) is 1.13. The van der Waals surface area contributed by atoms with E-state index in [0.29, 0.717) is 31.5 Å². The van der Waals surface area contributed by atoms with Crippen LogP contribution in [-0.2, 0) is 16.1 Å². The highest BCUT2D eigenvalue weighted by molar-refractivity contribution is 5.89. The highest BCUT2D eigenvalue weighted by Gasteiger charge is 2.41. The van der Waals surface area contributed by atoms with Gasteiger partial charge in [-0.15, -0.1) is 0 Å². The van der Waals surface area contributed by atoms with Crippen LogP contribution in [0.3, 0.4) is 0 Å². The average molecular weight is 340 g/mol. The van der Waals surface area contributed by atoms with E-state index in [1.807, 2.05) is 35.2 Å². The maximum Gasteiger partial charge on any atom is 0.228 e. The van der Waals surface area contributed by atoms with Crippen LogP contribution in [0.15, 0.2) is 30.3 Å². The van der Waals surface area contributed by atoms with E-state index in [1.165, 1.54) is 25.7 Å². The standard InChI is InChI=1S/C21H28N2O2/c24-20-13-18(15-22(20)14-16-7-2-1-3-8-16)21(25)23-12-6-10-17-9-4-5-11-19(17)23/h1-3,7-8,17-19H,4-6,9-15H2/t17-,18+,19+/m1/s1. The molecule has 2 amide bonds. The summed E-state index contributed by atoms with van der Waals surface area (Å²) in [4.78, 5) is 29.6. The first-order valence-electron chi connectivity index (χ1n) is 9.84. The Morgan fingerprint density at radius 1 is 1.04 bits per heavy atom. The number of rotatable bonds is 3. The lowest BCUT2D eigenvalue weighted by Crippen LogP contribution is -2.51. The van der Waals surface area contributed by atoms with E-state index in [2.05, 4.69) is 4.90 Å². The van der Waals surface area contributed by atoms with Crippen LogP contribution >= 0.6 is 0 Å². The molecular weight excluding hydrogens is 312 g/mol. The van der Waals surface area contributed by atoms with Gasteiger partial charge in [0.05, 0.1) is 5.92 Å². The van der Waals surface area contributed by atoms with Gasteiger partial charge in [-0.3, -0.25) is 9.59 Å². The largest absolute Gasteiger partial charge is 0.339 e. The molecule has 0 bridgehead atoms. The number of hydrogen-bond donors (Lipinski definition) is 0. The summed E-state index contributed by atoms with van der Waals surface area (Å²) in [7, 11) is 0. The van der Waals surface area contributed by atoms with Crippen molar-refractivity contribution in [1.82, 2.24) is 9.80 Å². The zero-order chi connectivity index (χ0) is 17.2. The first-order valence-corrected chi connectivity index (χ1v) is 9.84. The number of fused-ring (bicyclic) bond motifs is 1. The molecule has 2 aliphatic heterocycles. The quantitative estimate of drug-likeness (QED) is 0.848. The Hall–Kier alpha value is -1.84. The molecule has 3 atom stereocenters. The molecule has 25 heavy (non-hydrogen) atoms. The van der Waals surface area contributed by atoms with Crippen molar-refractivity contribution in [3.63, 3.8) is 0 Å². The van der Waals surface area contributed by atoms with Gasteiger partial charge in [0.1, 0.15) is 0 Å². The number of nitrogens with zero attached hydrogens (tertiary/aromatic N) is 2. The highest BCUT2D eigenvalue weighted by atomic mass is 16.2. The molecule has 0 aromatic heterocycles. The summed E-state index contributed by atoms with van der Waals surface area (Å²) < 4.78 is 0. The Morgan fingerprint density at radius 3 is 2.64 bits per heavy atom. The predicted molar refractivity (Wildman–Crippen MR) is 96.7 cm³/mol. The molecular formula is C21H28N2O2. The monoisotopic (exact) mass is 340 g/mol. The van der Waals surface area contributed by atoms with E-state index >= 15 is 0 Å². The SMILES string of the molecule is O=C1C[C@H](C(=O)N2CCC[C@H]3CCCC[C@@H]32)CN1Cc1ccccc1. The Balaban J connectivity index is 1.41. The van der Waals surface area contributed by atoms with Gasteiger partial charge in [0, 0.05) is 32.1 Å². The van der Waals surface area contributed by atoms with Crippen LogP contribution in [0.2, 0.25) is 0 Å². The topological polar surface area (TPSA) is 40.6 Å². The molecule has 0 N–H and O–H groups in total. The molecule has 3 fully saturated rings. The van der Waals surface area contributed by atoms with Crippen molar-refractivity contribution in [3.05, 3.63) is 35.9 Å². The van der Waals surface area contributed by atoms with E-state index in [9.17, 15) is 9.59 Å². The summed E-state index contributed by atoms with van der Waals surface area (Å²) in [5, 5.41) is 0. The second kappa shape index (κ2) is 7.19. The van der Waals surface area contributed by atoms with E-state index in [-0.39, 0.29) is 17.7 Å². The molecule has 2 heterocycles. The molecule has 1 saturated carbocycles. The van der Waals surface area contributed by atoms with Gasteiger partial charge in [-0.05, 0) is 37.2 Å². The number of hydrogen-bond acceptors (Lipinski definition) is 2. The lowest BCUT2D eigenvalue weighted by Gasteiger charge is -2.45. The summed E-state index contributed by atoms with van der Waals surface area (Å²) in [6.07, 6.45) is 7.78. The molecule has 1 aromatic rings. The smallest absolute Gasteiger partial charge is 0.228 e. The number of carbonyl (C=O) groups is 2. The van der Waals surface area contributed by atoms with Crippen molar-refractivity contribution in [2.75, 3.05) is 13.1 Å². The fourth-order valence-electron chi connectivity index (χ4n) is 5.03. The Labute approximate surface area is 150 Å². The summed E-state index contributed by atoms with van der Waals surface area (Å²) in [5.74, 6) is 0.917. The average Bonchev–Trinajstić information content (AvgIpc) is 3.02. The second-order valence-corrected chi connectivity index (χ2v) is 7.95. The van der Waals surface area contributed by atoms with E-state index in [1.54, 1.807) is 0 Å². The minimum absolute atomic E-state index is 0.124. The number of likely N-dealkylation sites (tertiary alicyclic amines) is 2. The number of carbonyl (C=O) groups excluding carboxylic acids is 2. The van der Waals surface area contributed by atoms with Gasteiger partial charge < -0.3 is 9.80 Å². The van der Waals surface area contributed by atoms with Crippen LogP contribution < -0.4 is 0 Å². The van der Waals surface area contributed by atoms with Gasteiger partial charge in [-0.1, -0.05) is 43.2 Å². The first-order chi connectivity index (χ1) is 12.2. The van der Waals surface area contributed by atoms with E-state index in [0.717, 1.165) is 24.9 Å². The van der Waals surface area contributed by atoms with Crippen LogP contribution in [0.1, 0.15) is 50.5 Å². The van der Waals surface area contributed by atoms with Crippen LogP contribution in [0, 0.1) is 11.8 Å². The Bertz CT molecular complexity index is 628. The minimum Gasteiger partial charge on any atom is -0.339 e. The van der Waals surface area contributed by atoms with Gasteiger partial charge in [-0.2, -0.15) is 0 Å². The Kier molecular flexibility index (Phi) is 4.78. The van der Waals surface area contributed by atoms with E-state index < -0.39 is 0 Å². The Morgan fingerprint density at radius 2 is 1.80 bits per heavy atom. The van der Waals surface area contributed by atoms with Crippen molar-refractivity contribution in [3.8, 4) is 0 Å². The van der Waals surface area contributed by atoms with Crippen LogP contribution in [0.5, 0.6) is 0 Å². The molecule has 1 aromatic carbocycles. The fourth-order valence-corrected chi connectivity index (χ4v) is 5.03. The van der Waals surface area contributed by atoms with Gasteiger partial charge >= 0.3 is 0 Å². The molecule has 0 spiro atoms. The van der Waals surface area contributed by atoms with Crippen LogP contribution in [0.4, 0.5) is 0 Å². The van der Waals surface area contributed by atoms with Crippen molar-refractivity contribution in [2.45, 2.75) is 57.5 Å². The molecule has 0 unspecified atom stereocenters. The van der Waals surface area contributed by atoms with Crippen molar-refractivity contribution >= 4 is 11.8 Å². The molecule has 2 saturated heterocycles. The molecule has 4 nitrogen and oxygen atoms in total. The number of benzene rings is 1. The first kappa shape index (κ1) is 16.6. The third-order valence-corrected chi connectivity index (χ3v) is 6.31. The predicted octanol–water partition coefficient (Wildman–Crippen LogP) is 3.22. The third-order valence-electron chi connectivity index (χ3n) is 6.31. The fraction of sp³-hybridized carbons (Fsp3) is 0.619.